The van der Waals surface area contributed by atoms with E-state index in [0.717, 1.165) is 34.1 Å². The molecule has 0 aromatic heterocycles. The minimum absolute atomic E-state index is 0.0670. The summed E-state index contributed by atoms with van der Waals surface area (Å²) in [6.45, 7) is 8.53. The zero-order valence-corrected chi connectivity index (χ0v) is 85.7. The summed E-state index contributed by atoms with van der Waals surface area (Å²) in [7, 11) is 0. The van der Waals surface area contributed by atoms with E-state index in [9.17, 15) is 184 Å². The van der Waals surface area contributed by atoms with Crippen molar-refractivity contribution in [2.24, 2.45) is 160 Å². The number of halogens is 15. The van der Waals surface area contributed by atoms with Crippen LogP contribution in [0.3, 0.4) is 0 Å². The molecular weight excluding hydrogens is 2390 g/mol. The first-order valence-corrected chi connectivity index (χ1v) is 51.3. The van der Waals surface area contributed by atoms with Crippen LogP contribution in [0.5, 0.6) is 0 Å². The van der Waals surface area contributed by atoms with E-state index >= 15 is 0 Å². The van der Waals surface area contributed by atoms with E-state index < -0.39 is 341 Å². The van der Waals surface area contributed by atoms with Gasteiger partial charge in [0.25, 0.3) is 0 Å². The van der Waals surface area contributed by atoms with Crippen molar-refractivity contribution in [3.05, 3.63) is 0 Å². The van der Waals surface area contributed by atoms with Gasteiger partial charge in [0, 0.05) is 80.0 Å². The number of alkyl halides is 15. The van der Waals surface area contributed by atoms with Crippen LogP contribution in [0.1, 0.15) is 133 Å². The first-order valence-electron chi connectivity index (χ1n) is 47.5. The van der Waals surface area contributed by atoms with Gasteiger partial charge in [-0.2, -0.15) is 52.7 Å². The minimum atomic E-state index is -4.39. The van der Waals surface area contributed by atoms with Crippen LogP contribution in [0.4, 0.5) is 52.7 Å². The van der Waals surface area contributed by atoms with E-state index in [1.54, 1.807) is 0 Å². The van der Waals surface area contributed by atoms with Crippen LogP contribution >= 0.6 is 67.8 Å². The topological polar surface area (TPSA) is 635 Å². The summed E-state index contributed by atoms with van der Waals surface area (Å²) in [6.07, 6.45) is -10.2. The highest BCUT2D eigenvalue weighted by atomic mass is 127. The molecule has 57 heteroatoms. The molecule has 0 aromatic carbocycles. The molecule has 12 bridgehead atoms. The summed E-state index contributed by atoms with van der Waals surface area (Å²) >= 11 is 6.34. The molecule has 826 valence electrons. The van der Waals surface area contributed by atoms with Crippen molar-refractivity contribution < 1.29 is 255 Å². The Labute approximate surface area is 874 Å². The largest absolute Gasteiger partial charge is 0.544 e. The van der Waals surface area contributed by atoms with Crippen molar-refractivity contribution in [2.75, 3.05) is 6.61 Å². The number of rotatable bonds is 30. The maximum Gasteiger partial charge on any atom is 0.323 e. The smallest absolute Gasteiger partial charge is 0.323 e. The van der Waals surface area contributed by atoms with Gasteiger partial charge < -0.3 is 130 Å². The Balaban J connectivity index is 0.000000141. The molecule has 6 saturated heterocycles. The second kappa shape index (κ2) is 42.2. The number of carboxylic acids is 6. The zero-order chi connectivity index (χ0) is 111. The number of carbonyl (C=O) groups excluding carboxylic acids is 21. The molecule has 149 heavy (non-hydrogen) atoms. The second-order valence-corrected chi connectivity index (χ2v) is 45.7. The van der Waals surface area contributed by atoms with Crippen molar-refractivity contribution in [2.45, 2.75) is 266 Å². The quantitative estimate of drug-likeness (QED) is 0.0282. The molecule has 0 aromatic rings. The fourth-order valence-electron chi connectivity index (χ4n) is 26.3. The molecule has 42 nitrogen and oxygen atoms in total. The normalized spacial score (nSPS) is 37.7. The predicted molar refractivity (Wildman–Crippen MR) is 459 cm³/mol. The van der Waals surface area contributed by atoms with Gasteiger partial charge >= 0.3 is 125 Å². The van der Waals surface area contributed by atoms with Gasteiger partial charge in [0.15, 0.2) is 37.1 Å². The van der Waals surface area contributed by atoms with Gasteiger partial charge in [0.2, 0.25) is 0 Å². The summed E-state index contributed by atoms with van der Waals surface area (Å²) in [5.41, 5.74) is 0. The van der Waals surface area contributed by atoms with Crippen LogP contribution in [-0.4, -0.2) is 265 Å². The average molecular weight is 2480 g/mol. The second-order valence-electron chi connectivity index (χ2n) is 41.4. The zero-order valence-electron chi connectivity index (χ0n) is 79.2. The van der Waals surface area contributed by atoms with Crippen molar-refractivity contribution >= 4 is 193 Å². The van der Waals surface area contributed by atoms with Crippen molar-refractivity contribution in [3.63, 3.8) is 0 Å². The highest BCUT2D eigenvalue weighted by molar-refractivity contribution is 14.1. The van der Waals surface area contributed by atoms with Gasteiger partial charge in [-0.25, -0.2) is 0 Å². The van der Waals surface area contributed by atoms with E-state index in [2.05, 4.69) is 82.0 Å². The van der Waals surface area contributed by atoms with Gasteiger partial charge in [0.1, 0.15) is 90.8 Å². The lowest BCUT2D eigenvalue weighted by Gasteiger charge is -2.37. The first-order chi connectivity index (χ1) is 69.1. The standard InChI is InChI=1S/C18H21F2IO6.C17H20F2O8.C15H17F2IO6.C15H16F2O8.C14H14F2O8.C13H13F2IO6/c19-18(20,17(24)25)14(7-4-2-1-3-5-7)27-16(23)10-8-6-9-11(10)15(22)26-13(9)12(8)21;1-5(2)13(17(18,19)16(23)24)27-15(22)10-7-4-8-9(10)14(21)26-12(8)11(7)25-6(3)20;1-4(2)11(15(16,17)14(21)22)24-13(20)7-5-3-6-8(7)12(19)23-10(6)9(5)18;1-4(15(16,17)14(21)22)23-12(19)8-6-3-7-9(8)13(20)25-11(7)10(6)24-5(2)18;1-4(17)23-9-5-2-6-8(12(19)24-10(6)9)7(5)11(18)22-3-14(15,16)13(20)21;1-3(13(14,15)12(19)20)21-10(17)6-4-2-5-7(6)11(18)22-9(5)8(4)16/h7-14H,1-6H2,(H,24,25);5,7-13H,4H2,1-3H3,(H,23,24);4-11H,3H2,1-2H3,(H,21,22);4,6-11H,3H2,1-2H3,(H,21,22);5-10H,2-3H2,1H3,(H,20,21);3-9H,2H2,1H3,(H,19,20)/p-6. The fourth-order valence-corrected chi connectivity index (χ4v) is 30.5. The van der Waals surface area contributed by atoms with Gasteiger partial charge in [0.05, 0.1) is 82.8 Å². The van der Waals surface area contributed by atoms with Crippen LogP contribution in [-0.2, 0) is 172 Å². The Morgan fingerprint density at radius 2 is 0.544 bits per heavy atom. The lowest BCUT2D eigenvalue weighted by atomic mass is 9.78. The Morgan fingerprint density at radius 1 is 0.309 bits per heavy atom. The molecule has 41 atom stereocenters. The number of hydrogen-bond donors (Lipinski definition) is 0. The molecule has 13 saturated carbocycles. The average Bonchev–Trinajstić information content (AvgIpc) is 1.59. The Kier molecular flexibility index (Phi) is 32.5. The number of carboxylic acid groups (broad SMARTS) is 6. The first kappa shape index (κ1) is 115. The number of carbonyl (C=O) groups is 21. The molecule has 0 N–H and O–H groups in total. The number of ether oxygens (including phenoxy) is 15. The molecule has 6 aliphatic heterocycles. The fraction of sp³-hybridized carbons (Fsp3) is 0.772. The lowest BCUT2D eigenvalue weighted by molar-refractivity contribution is -0.339. The highest BCUT2D eigenvalue weighted by Crippen LogP contribution is 2.67. The number of hydrogen-bond acceptors (Lipinski definition) is 42. The van der Waals surface area contributed by atoms with E-state index in [1.165, 1.54) is 34.6 Å². The van der Waals surface area contributed by atoms with Crippen molar-refractivity contribution in [1.82, 2.24) is 0 Å². The van der Waals surface area contributed by atoms with Crippen LogP contribution in [0.2, 0.25) is 0 Å². The van der Waals surface area contributed by atoms with Gasteiger partial charge in [-0.05, 0) is 94.8 Å². The molecule has 6 heterocycles. The van der Waals surface area contributed by atoms with Crippen LogP contribution in [0, 0.1) is 160 Å². The van der Waals surface area contributed by atoms with Gasteiger partial charge in [-0.15, -0.1) is 0 Å². The maximum atomic E-state index is 14.3. The van der Waals surface area contributed by atoms with Gasteiger partial charge in [-0.1, -0.05) is 115 Å². The van der Waals surface area contributed by atoms with Crippen LogP contribution in [0.25, 0.3) is 0 Å². The molecule has 13 aliphatic carbocycles. The SMILES string of the molecule is CC(=O)OC1C2CC3C1OC(=O)C3C2C(=O)OC(C(C)C)C(F)(F)C(=O)[O-].CC(=O)OC1C2CC3C1OC(=O)C3C2C(=O)OC(C)C(F)(F)C(=O)[O-].CC(=O)OC1C2CC3C1OC(=O)C3C2C(=O)OCC(F)(F)C(=O)[O-].CC(C)C(OC(=O)C1C2CC3C(OC(=O)C31)C2I)C(F)(F)C(=O)[O-].CC(OC(=O)C1C2CC3C(OC(=O)C31)C2I)C(F)(F)C(=O)[O-].O=C(OC(C1CCCCC1)C(F)(F)C(=O)[O-])C1C2CC3C(OC(=O)C31)C2I. The summed E-state index contributed by atoms with van der Waals surface area (Å²) in [4.78, 5) is 244. The molecule has 19 rings (SSSR count). The predicted octanol–water partition coefficient (Wildman–Crippen LogP) is -0.685. The van der Waals surface area contributed by atoms with E-state index in [-0.39, 0.29) is 83.3 Å². The third-order valence-corrected chi connectivity index (χ3v) is 37.4. The molecule has 41 unspecified atom stereocenters. The Hall–Kier alpha value is -9.78. The Bertz CT molecular complexity index is 5430. The number of fused-ring (bicyclic) bond motifs is 6. The van der Waals surface area contributed by atoms with E-state index in [0.29, 0.717) is 64.2 Å². The third kappa shape index (κ3) is 20.4. The Morgan fingerprint density at radius 3 is 0.799 bits per heavy atom. The summed E-state index contributed by atoms with van der Waals surface area (Å²) < 4.78 is 239. The van der Waals surface area contributed by atoms with Crippen LogP contribution < -0.4 is 30.6 Å². The molecule has 0 radical (unpaired) electrons. The number of aliphatic carboxylic acids is 6. The molecule has 19 aliphatic rings. The summed E-state index contributed by atoms with van der Waals surface area (Å²) in [5.74, 6) is -70.1. The van der Waals surface area contributed by atoms with E-state index in [4.69, 9.17) is 56.8 Å². The van der Waals surface area contributed by atoms with Gasteiger partial charge in [-0.3, -0.25) is 71.9 Å². The molecule has 0 spiro atoms. The summed E-state index contributed by atoms with van der Waals surface area (Å²) in [5, 5.41) is 63.6. The van der Waals surface area contributed by atoms with Crippen molar-refractivity contribution in [1.29, 1.82) is 0 Å². The minimum Gasteiger partial charge on any atom is -0.544 e. The highest BCUT2D eigenvalue weighted by Gasteiger charge is 2.77. The van der Waals surface area contributed by atoms with E-state index in [1.807, 2.05) is 0 Å². The number of esters is 15. The molecular formula is C92H95F12I3O42-6. The maximum absolute atomic E-state index is 14.3. The molecule has 19 fully saturated rings. The van der Waals surface area contributed by atoms with Crippen LogP contribution in [0.15, 0.2) is 0 Å². The van der Waals surface area contributed by atoms with Crippen molar-refractivity contribution in [3.8, 4) is 0 Å². The summed E-state index contributed by atoms with van der Waals surface area (Å²) in [6, 6.07) is 0. The lowest BCUT2D eigenvalue weighted by Crippen LogP contribution is -2.55. The monoisotopic (exact) mass is 2480 g/mol. The third-order valence-electron chi connectivity index (χ3n) is 32.5. The molecule has 0 amide bonds.